The van der Waals surface area contributed by atoms with Crippen molar-refractivity contribution in [3.05, 3.63) is 29.3 Å². The van der Waals surface area contributed by atoms with Crippen LogP contribution in [-0.4, -0.2) is 50.2 Å². The van der Waals surface area contributed by atoms with Crippen LogP contribution in [0, 0.1) is 6.92 Å². The number of nitrogens with one attached hydrogen (secondary N) is 1. The van der Waals surface area contributed by atoms with E-state index in [-0.39, 0.29) is 17.9 Å². The highest BCUT2D eigenvalue weighted by molar-refractivity contribution is 7.89. The standard InChI is InChI=1S/C12H18N2O4S/c1-9-8-10(12(15)16)4-5-11(9)13-6-7-19(17,18)14(2)3/h4-5,8,13H,6-7H2,1-3H3,(H,15,16). The Balaban J connectivity index is 2.67. The van der Waals surface area contributed by atoms with E-state index in [1.54, 1.807) is 19.1 Å². The molecule has 1 rings (SSSR count). The minimum absolute atomic E-state index is 0.0138. The normalized spacial score (nSPS) is 11.6. The monoisotopic (exact) mass is 286 g/mol. The maximum absolute atomic E-state index is 11.6. The third kappa shape index (κ3) is 4.22. The quantitative estimate of drug-likeness (QED) is 0.814. The van der Waals surface area contributed by atoms with Crippen LogP contribution in [0.4, 0.5) is 5.69 Å². The summed E-state index contributed by atoms with van der Waals surface area (Å²) in [4.78, 5) is 10.8. The van der Waals surface area contributed by atoms with Crippen molar-refractivity contribution in [1.82, 2.24) is 4.31 Å². The predicted octanol–water partition coefficient (Wildman–Crippen LogP) is 0.997. The van der Waals surface area contributed by atoms with Gasteiger partial charge < -0.3 is 10.4 Å². The number of aryl methyl sites for hydroxylation is 1. The van der Waals surface area contributed by atoms with E-state index in [1.807, 2.05) is 0 Å². The molecule has 0 heterocycles. The maximum atomic E-state index is 11.6. The smallest absolute Gasteiger partial charge is 0.335 e. The van der Waals surface area contributed by atoms with E-state index in [1.165, 1.54) is 24.5 Å². The van der Waals surface area contributed by atoms with E-state index in [0.717, 1.165) is 11.3 Å². The van der Waals surface area contributed by atoms with Crippen LogP contribution < -0.4 is 5.32 Å². The molecule has 0 aromatic heterocycles. The number of nitrogens with zero attached hydrogens (tertiary/aromatic N) is 1. The summed E-state index contributed by atoms with van der Waals surface area (Å²) in [5, 5.41) is 11.8. The van der Waals surface area contributed by atoms with Gasteiger partial charge in [-0.2, -0.15) is 0 Å². The highest BCUT2D eigenvalue weighted by Gasteiger charge is 2.13. The molecule has 0 bridgehead atoms. The van der Waals surface area contributed by atoms with E-state index < -0.39 is 16.0 Å². The number of hydrogen-bond acceptors (Lipinski definition) is 4. The number of hydrogen-bond donors (Lipinski definition) is 2. The molecule has 0 radical (unpaired) electrons. The average Bonchev–Trinajstić information content (AvgIpc) is 2.30. The van der Waals surface area contributed by atoms with Gasteiger partial charge in [-0.1, -0.05) is 0 Å². The molecule has 1 aromatic rings. The van der Waals surface area contributed by atoms with Crippen LogP contribution in [-0.2, 0) is 10.0 Å². The highest BCUT2D eigenvalue weighted by Crippen LogP contribution is 2.16. The Morgan fingerprint density at radius 3 is 2.47 bits per heavy atom. The van der Waals surface area contributed by atoms with Crippen molar-refractivity contribution in [2.45, 2.75) is 6.92 Å². The van der Waals surface area contributed by atoms with Gasteiger partial charge in [0, 0.05) is 26.3 Å². The zero-order chi connectivity index (χ0) is 14.6. The molecule has 0 saturated heterocycles. The fourth-order valence-corrected chi connectivity index (χ4v) is 2.22. The van der Waals surface area contributed by atoms with E-state index >= 15 is 0 Å². The molecule has 0 unspecified atom stereocenters. The molecule has 0 amide bonds. The summed E-state index contributed by atoms with van der Waals surface area (Å²) in [5.41, 5.74) is 1.71. The number of sulfonamides is 1. The van der Waals surface area contributed by atoms with E-state index in [2.05, 4.69) is 5.32 Å². The molecular weight excluding hydrogens is 268 g/mol. The van der Waals surface area contributed by atoms with E-state index in [0.29, 0.717) is 0 Å². The Labute approximate surface area is 113 Å². The van der Waals surface area contributed by atoms with Crippen molar-refractivity contribution in [3.63, 3.8) is 0 Å². The molecule has 2 N–H and O–H groups in total. The molecular formula is C12H18N2O4S. The van der Waals surface area contributed by atoms with Crippen molar-refractivity contribution in [3.8, 4) is 0 Å². The summed E-state index contributed by atoms with van der Waals surface area (Å²) < 4.78 is 24.3. The summed E-state index contributed by atoms with van der Waals surface area (Å²) in [6.45, 7) is 2.04. The van der Waals surface area contributed by atoms with Crippen molar-refractivity contribution in [2.24, 2.45) is 0 Å². The predicted molar refractivity (Wildman–Crippen MR) is 74.1 cm³/mol. The van der Waals surface area contributed by atoms with Gasteiger partial charge in [-0.15, -0.1) is 0 Å². The van der Waals surface area contributed by atoms with Gasteiger partial charge in [-0.25, -0.2) is 17.5 Å². The molecule has 0 aliphatic heterocycles. The second-order valence-electron chi connectivity index (χ2n) is 4.36. The van der Waals surface area contributed by atoms with Crippen LogP contribution in [0.25, 0.3) is 0 Å². The van der Waals surface area contributed by atoms with Gasteiger partial charge in [0.1, 0.15) is 0 Å². The Hall–Kier alpha value is -1.60. The Morgan fingerprint density at radius 1 is 1.37 bits per heavy atom. The number of rotatable bonds is 6. The highest BCUT2D eigenvalue weighted by atomic mass is 32.2. The van der Waals surface area contributed by atoms with Crippen molar-refractivity contribution < 1.29 is 18.3 Å². The molecule has 0 aliphatic carbocycles. The summed E-state index contributed by atoms with van der Waals surface area (Å²) >= 11 is 0. The van der Waals surface area contributed by atoms with Crippen molar-refractivity contribution in [1.29, 1.82) is 0 Å². The zero-order valence-electron chi connectivity index (χ0n) is 11.2. The first-order chi connectivity index (χ1) is 8.74. The lowest BCUT2D eigenvalue weighted by atomic mass is 10.1. The largest absolute Gasteiger partial charge is 0.478 e. The summed E-state index contributed by atoms with van der Waals surface area (Å²) in [6.07, 6.45) is 0. The average molecular weight is 286 g/mol. The van der Waals surface area contributed by atoms with Gasteiger partial charge in [0.05, 0.1) is 11.3 Å². The number of carboxylic acids is 1. The van der Waals surface area contributed by atoms with Crippen LogP contribution in [0.2, 0.25) is 0 Å². The lowest BCUT2D eigenvalue weighted by Gasteiger charge is -2.13. The molecule has 6 nitrogen and oxygen atoms in total. The lowest BCUT2D eigenvalue weighted by molar-refractivity contribution is 0.0697. The molecule has 19 heavy (non-hydrogen) atoms. The minimum atomic E-state index is -3.23. The van der Waals surface area contributed by atoms with Gasteiger partial charge >= 0.3 is 5.97 Å². The fourth-order valence-electron chi connectivity index (χ4n) is 1.49. The summed E-state index contributed by atoms with van der Waals surface area (Å²) in [7, 11) is -0.249. The van der Waals surface area contributed by atoms with Crippen LogP contribution in [0.1, 0.15) is 15.9 Å². The van der Waals surface area contributed by atoms with Crippen LogP contribution in [0.15, 0.2) is 18.2 Å². The van der Waals surface area contributed by atoms with E-state index in [9.17, 15) is 13.2 Å². The fraction of sp³-hybridized carbons (Fsp3) is 0.417. The van der Waals surface area contributed by atoms with Crippen LogP contribution in [0.5, 0.6) is 0 Å². The molecule has 0 spiro atoms. The van der Waals surface area contributed by atoms with Crippen molar-refractivity contribution >= 4 is 21.7 Å². The second-order valence-corrected chi connectivity index (χ2v) is 6.66. The molecule has 106 valence electrons. The third-order valence-corrected chi connectivity index (χ3v) is 4.54. The van der Waals surface area contributed by atoms with Gasteiger partial charge in [0.15, 0.2) is 0 Å². The number of anilines is 1. The zero-order valence-corrected chi connectivity index (χ0v) is 12.0. The van der Waals surface area contributed by atoms with Gasteiger partial charge in [-0.3, -0.25) is 0 Å². The topological polar surface area (TPSA) is 86.7 Å². The van der Waals surface area contributed by atoms with Crippen molar-refractivity contribution in [2.75, 3.05) is 31.7 Å². The molecule has 7 heteroatoms. The van der Waals surface area contributed by atoms with Gasteiger partial charge in [0.25, 0.3) is 0 Å². The van der Waals surface area contributed by atoms with Gasteiger partial charge in [0.2, 0.25) is 10.0 Å². The lowest BCUT2D eigenvalue weighted by Crippen LogP contribution is -2.28. The molecule has 0 saturated carbocycles. The number of aromatic carboxylic acids is 1. The second kappa shape index (κ2) is 6.03. The minimum Gasteiger partial charge on any atom is -0.478 e. The number of carbonyl (C=O) groups is 1. The molecule has 0 atom stereocenters. The molecule has 0 fully saturated rings. The van der Waals surface area contributed by atoms with Crippen LogP contribution >= 0.6 is 0 Å². The molecule has 1 aromatic carbocycles. The van der Waals surface area contributed by atoms with Gasteiger partial charge in [-0.05, 0) is 30.7 Å². The first-order valence-corrected chi connectivity index (χ1v) is 7.33. The Bertz CT molecular complexity index is 567. The Morgan fingerprint density at radius 2 is 2.00 bits per heavy atom. The summed E-state index contributed by atoms with van der Waals surface area (Å²) in [6, 6.07) is 4.67. The summed E-state index contributed by atoms with van der Waals surface area (Å²) in [5.74, 6) is -0.995. The third-order valence-electron chi connectivity index (χ3n) is 2.71. The number of benzene rings is 1. The first kappa shape index (κ1) is 15.5. The maximum Gasteiger partial charge on any atom is 0.335 e. The molecule has 0 aliphatic rings. The first-order valence-electron chi connectivity index (χ1n) is 5.72. The number of carboxylic acid groups (broad SMARTS) is 1. The SMILES string of the molecule is Cc1cc(C(=O)O)ccc1NCCS(=O)(=O)N(C)C. The van der Waals surface area contributed by atoms with Crippen LogP contribution in [0.3, 0.4) is 0 Å². The Kier molecular flexibility index (Phi) is 4.90. The van der Waals surface area contributed by atoms with E-state index in [4.69, 9.17) is 5.11 Å².